The molecule has 4 nitrogen and oxygen atoms in total. The van der Waals surface area contributed by atoms with E-state index in [2.05, 4.69) is 0 Å². The van der Waals surface area contributed by atoms with Crippen molar-refractivity contribution in [2.24, 2.45) is 5.92 Å². The van der Waals surface area contributed by atoms with Crippen molar-refractivity contribution in [3.63, 3.8) is 0 Å². The van der Waals surface area contributed by atoms with Gasteiger partial charge in [0.15, 0.2) is 0 Å². The number of hydrogen-bond acceptors (Lipinski definition) is 4. The zero-order valence-electron chi connectivity index (χ0n) is 10.9. The molecular weight excluding hydrogens is 232 g/mol. The van der Waals surface area contributed by atoms with Gasteiger partial charge >= 0.3 is 11.9 Å². The highest BCUT2D eigenvalue weighted by Crippen LogP contribution is 2.08. The molecule has 0 unspecified atom stereocenters. The van der Waals surface area contributed by atoms with Crippen LogP contribution in [0.4, 0.5) is 0 Å². The van der Waals surface area contributed by atoms with Crippen LogP contribution in [-0.2, 0) is 9.47 Å². The Morgan fingerprint density at radius 3 is 1.83 bits per heavy atom. The van der Waals surface area contributed by atoms with Crippen LogP contribution >= 0.6 is 0 Å². The zero-order valence-corrected chi connectivity index (χ0v) is 10.9. The summed E-state index contributed by atoms with van der Waals surface area (Å²) in [5, 5.41) is 0. The molecule has 0 aliphatic rings. The molecule has 0 atom stereocenters. The number of benzene rings is 1. The molecule has 18 heavy (non-hydrogen) atoms. The lowest BCUT2D eigenvalue weighted by atomic mass is 10.1. The molecule has 0 fully saturated rings. The third-order valence-corrected chi connectivity index (χ3v) is 2.18. The number of ether oxygens (including phenoxy) is 2. The van der Waals surface area contributed by atoms with Crippen LogP contribution in [0.5, 0.6) is 0 Å². The summed E-state index contributed by atoms with van der Waals surface area (Å²) < 4.78 is 9.93. The maximum atomic E-state index is 11.6. The summed E-state index contributed by atoms with van der Waals surface area (Å²) in [5.74, 6) is -0.466. The van der Waals surface area contributed by atoms with Gasteiger partial charge in [0.1, 0.15) is 0 Å². The van der Waals surface area contributed by atoms with Crippen LogP contribution in [0.15, 0.2) is 24.3 Å². The lowest BCUT2D eigenvalue weighted by molar-refractivity contribution is 0.0456. The van der Waals surface area contributed by atoms with E-state index in [1.165, 1.54) is 0 Å². The molecule has 0 amide bonds. The highest BCUT2D eigenvalue weighted by atomic mass is 16.5. The average Bonchev–Trinajstić information content (AvgIpc) is 2.36. The van der Waals surface area contributed by atoms with Crippen molar-refractivity contribution in [2.75, 3.05) is 13.2 Å². The van der Waals surface area contributed by atoms with Gasteiger partial charge in [0, 0.05) is 0 Å². The van der Waals surface area contributed by atoms with Crippen LogP contribution in [0.2, 0.25) is 0 Å². The first-order valence-electron chi connectivity index (χ1n) is 5.99. The van der Waals surface area contributed by atoms with Crippen LogP contribution in [0.1, 0.15) is 41.5 Å². The van der Waals surface area contributed by atoms with Gasteiger partial charge in [-0.2, -0.15) is 0 Å². The van der Waals surface area contributed by atoms with E-state index in [4.69, 9.17) is 9.47 Å². The first kappa shape index (κ1) is 14.2. The second-order valence-electron chi connectivity index (χ2n) is 4.29. The number of carbonyl (C=O) groups is 2. The molecule has 4 heteroatoms. The first-order chi connectivity index (χ1) is 8.54. The van der Waals surface area contributed by atoms with Gasteiger partial charge in [0.25, 0.3) is 0 Å². The van der Waals surface area contributed by atoms with Crippen molar-refractivity contribution in [3.05, 3.63) is 35.4 Å². The minimum atomic E-state index is -0.389. The highest BCUT2D eigenvalue weighted by Gasteiger charge is 2.10. The van der Waals surface area contributed by atoms with Gasteiger partial charge in [-0.15, -0.1) is 0 Å². The van der Waals surface area contributed by atoms with Crippen molar-refractivity contribution in [1.29, 1.82) is 0 Å². The quantitative estimate of drug-likeness (QED) is 0.754. The molecule has 0 N–H and O–H groups in total. The molecule has 0 spiro atoms. The van der Waals surface area contributed by atoms with E-state index < -0.39 is 0 Å². The van der Waals surface area contributed by atoms with Crippen molar-refractivity contribution < 1.29 is 19.1 Å². The first-order valence-corrected chi connectivity index (χ1v) is 5.99. The topological polar surface area (TPSA) is 52.6 Å². The van der Waals surface area contributed by atoms with E-state index in [1.807, 2.05) is 13.8 Å². The predicted octanol–water partition coefficient (Wildman–Crippen LogP) is 2.68. The fourth-order valence-corrected chi connectivity index (χ4v) is 1.28. The predicted molar refractivity (Wildman–Crippen MR) is 67.5 cm³/mol. The molecule has 0 aliphatic heterocycles. The molecule has 1 aromatic carbocycles. The maximum Gasteiger partial charge on any atom is 0.338 e. The van der Waals surface area contributed by atoms with Gasteiger partial charge in [0.05, 0.1) is 24.3 Å². The Morgan fingerprint density at radius 2 is 1.44 bits per heavy atom. The van der Waals surface area contributed by atoms with E-state index in [-0.39, 0.29) is 11.9 Å². The average molecular weight is 250 g/mol. The van der Waals surface area contributed by atoms with Crippen LogP contribution < -0.4 is 0 Å². The standard InChI is InChI=1S/C14H18O4/c1-4-17-13(15)11-5-7-12(8-6-11)14(16)18-9-10(2)3/h5-8,10H,4,9H2,1-3H3. The molecule has 0 heterocycles. The molecular formula is C14H18O4. The second kappa shape index (κ2) is 6.79. The fourth-order valence-electron chi connectivity index (χ4n) is 1.28. The molecule has 1 rings (SSSR count). The van der Waals surface area contributed by atoms with E-state index in [1.54, 1.807) is 31.2 Å². The number of esters is 2. The van der Waals surface area contributed by atoms with Crippen molar-refractivity contribution in [3.8, 4) is 0 Å². The van der Waals surface area contributed by atoms with Gasteiger partial charge in [0.2, 0.25) is 0 Å². The SMILES string of the molecule is CCOC(=O)c1ccc(C(=O)OCC(C)C)cc1. The van der Waals surface area contributed by atoms with Gasteiger partial charge in [-0.05, 0) is 37.1 Å². The molecule has 98 valence electrons. The van der Waals surface area contributed by atoms with Crippen molar-refractivity contribution in [2.45, 2.75) is 20.8 Å². The summed E-state index contributed by atoms with van der Waals surface area (Å²) >= 11 is 0. The second-order valence-corrected chi connectivity index (χ2v) is 4.29. The minimum Gasteiger partial charge on any atom is -0.462 e. The van der Waals surface area contributed by atoms with E-state index in [0.717, 1.165) is 0 Å². The largest absolute Gasteiger partial charge is 0.462 e. The molecule has 0 radical (unpaired) electrons. The van der Waals surface area contributed by atoms with Gasteiger partial charge in [-0.1, -0.05) is 13.8 Å². The Balaban J connectivity index is 2.65. The van der Waals surface area contributed by atoms with Crippen LogP contribution in [0.3, 0.4) is 0 Å². The van der Waals surface area contributed by atoms with E-state index in [9.17, 15) is 9.59 Å². The minimum absolute atomic E-state index is 0.299. The van der Waals surface area contributed by atoms with E-state index in [0.29, 0.717) is 30.3 Å². The Morgan fingerprint density at radius 1 is 1.00 bits per heavy atom. The summed E-state index contributed by atoms with van der Waals surface area (Å²) in [7, 11) is 0. The summed E-state index contributed by atoms with van der Waals surface area (Å²) in [6.45, 7) is 6.40. The zero-order chi connectivity index (χ0) is 13.5. The van der Waals surface area contributed by atoms with Crippen molar-refractivity contribution in [1.82, 2.24) is 0 Å². The number of carbonyl (C=O) groups excluding carboxylic acids is 2. The normalized spacial score (nSPS) is 10.2. The Kier molecular flexibility index (Phi) is 5.36. The van der Waals surface area contributed by atoms with Crippen LogP contribution in [-0.4, -0.2) is 25.2 Å². The monoisotopic (exact) mass is 250 g/mol. The van der Waals surface area contributed by atoms with E-state index >= 15 is 0 Å². The molecule has 0 bridgehead atoms. The third kappa shape index (κ3) is 4.20. The Bertz CT molecular complexity index is 406. The summed E-state index contributed by atoms with van der Waals surface area (Å²) in [6.07, 6.45) is 0. The van der Waals surface area contributed by atoms with Crippen LogP contribution in [0.25, 0.3) is 0 Å². The lowest BCUT2D eigenvalue weighted by Gasteiger charge is -2.07. The summed E-state index contributed by atoms with van der Waals surface area (Å²) in [4.78, 5) is 23.0. The van der Waals surface area contributed by atoms with Gasteiger partial charge < -0.3 is 9.47 Å². The molecule has 0 aliphatic carbocycles. The van der Waals surface area contributed by atoms with Gasteiger partial charge in [-0.3, -0.25) is 0 Å². The van der Waals surface area contributed by atoms with Gasteiger partial charge in [-0.25, -0.2) is 9.59 Å². The number of hydrogen-bond donors (Lipinski definition) is 0. The van der Waals surface area contributed by atoms with Crippen molar-refractivity contribution >= 4 is 11.9 Å². The van der Waals surface area contributed by atoms with Crippen LogP contribution in [0, 0.1) is 5.92 Å². The Labute approximate surface area is 107 Å². The number of rotatable bonds is 5. The molecule has 0 saturated carbocycles. The fraction of sp³-hybridized carbons (Fsp3) is 0.429. The molecule has 0 aromatic heterocycles. The Hall–Kier alpha value is -1.84. The summed E-state index contributed by atoms with van der Waals surface area (Å²) in [6, 6.07) is 6.25. The third-order valence-electron chi connectivity index (χ3n) is 2.18. The highest BCUT2D eigenvalue weighted by molar-refractivity contribution is 5.93. The summed E-state index contributed by atoms with van der Waals surface area (Å²) in [5.41, 5.74) is 0.862. The molecule has 1 aromatic rings. The smallest absolute Gasteiger partial charge is 0.338 e. The maximum absolute atomic E-state index is 11.6. The molecule has 0 saturated heterocycles. The lowest BCUT2D eigenvalue weighted by Crippen LogP contribution is -2.11.